The topological polar surface area (TPSA) is 61.4 Å². The molecule has 1 aromatic carbocycles. The van der Waals surface area contributed by atoms with Gasteiger partial charge >= 0.3 is 0 Å². The maximum atomic E-state index is 11.7. The second kappa shape index (κ2) is 7.40. The molecule has 20 heavy (non-hydrogen) atoms. The lowest BCUT2D eigenvalue weighted by Gasteiger charge is -2.15. The summed E-state index contributed by atoms with van der Waals surface area (Å²) in [5.74, 6) is -0.0829. The zero-order valence-electron chi connectivity index (χ0n) is 11.2. The molecule has 0 radical (unpaired) electrons. The maximum Gasteiger partial charge on any atom is 0.238 e. The highest BCUT2D eigenvalue weighted by Crippen LogP contribution is 2.13. The minimum atomic E-state index is -0.151. The Morgan fingerprint density at radius 3 is 2.40 bits per heavy atom. The van der Waals surface area contributed by atoms with E-state index in [1.165, 1.54) is 0 Å². The molecule has 2 amide bonds. The lowest BCUT2D eigenvalue weighted by molar-refractivity contribution is -0.129. The van der Waals surface area contributed by atoms with Gasteiger partial charge in [-0.3, -0.25) is 14.9 Å². The van der Waals surface area contributed by atoms with Gasteiger partial charge in [-0.2, -0.15) is 0 Å². The summed E-state index contributed by atoms with van der Waals surface area (Å²) < 4.78 is 0.963. The normalized spacial score (nSPS) is 14.3. The predicted octanol–water partition coefficient (Wildman–Crippen LogP) is 1.60. The molecule has 0 saturated carbocycles. The fraction of sp³-hybridized carbons (Fsp3) is 0.429. The van der Waals surface area contributed by atoms with E-state index in [9.17, 15) is 9.59 Å². The summed E-state index contributed by atoms with van der Waals surface area (Å²) in [6, 6.07) is 7.36. The molecule has 1 heterocycles. The van der Waals surface area contributed by atoms with Crippen LogP contribution in [-0.4, -0.2) is 42.9 Å². The molecule has 1 saturated heterocycles. The monoisotopic (exact) mass is 339 g/mol. The van der Waals surface area contributed by atoms with E-state index in [1.807, 2.05) is 29.2 Å². The molecular formula is C14H18BrN3O2. The number of nitrogens with zero attached hydrogens (tertiary/aromatic N) is 1. The SMILES string of the molecule is O=C(CNCC(=O)N1CCCC1)Nc1ccc(Br)cc1. The van der Waals surface area contributed by atoms with Crippen molar-refractivity contribution in [1.29, 1.82) is 0 Å². The zero-order valence-corrected chi connectivity index (χ0v) is 12.8. The highest BCUT2D eigenvalue weighted by atomic mass is 79.9. The number of carbonyl (C=O) groups is 2. The highest BCUT2D eigenvalue weighted by Gasteiger charge is 2.17. The van der Waals surface area contributed by atoms with Gasteiger partial charge in [-0.05, 0) is 37.1 Å². The van der Waals surface area contributed by atoms with Crippen LogP contribution < -0.4 is 10.6 Å². The molecule has 1 aliphatic heterocycles. The minimum absolute atomic E-state index is 0.0685. The van der Waals surface area contributed by atoms with E-state index >= 15 is 0 Å². The van der Waals surface area contributed by atoms with Crippen LogP contribution in [0.1, 0.15) is 12.8 Å². The van der Waals surface area contributed by atoms with Gasteiger partial charge in [0.05, 0.1) is 13.1 Å². The molecular weight excluding hydrogens is 322 g/mol. The van der Waals surface area contributed by atoms with Crippen molar-refractivity contribution in [2.45, 2.75) is 12.8 Å². The zero-order chi connectivity index (χ0) is 14.4. The van der Waals surface area contributed by atoms with Crippen LogP contribution in [-0.2, 0) is 9.59 Å². The third-order valence-electron chi connectivity index (χ3n) is 3.15. The van der Waals surface area contributed by atoms with E-state index in [1.54, 1.807) is 0 Å². The molecule has 1 fully saturated rings. The van der Waals surface area contributed by atoms with Gasteiger partial charge in [-0.1, -0.05) is 15.9 Å². The molecule has 0 aromatic heterocycles. The molecule has 0 spiro atoms. The Morgan fingerprint density at radius 2 is 1.75 bits per heavy atom. The van der Waals surface area contributed by atoms with Crippen LogP contribution in [0.3, 0.4) is 0 Å². The Hall–Kier alpha value is -1.40. The number of carbonyl (C=O) groups excluding carboxylic acids is 2. The first-order valence-electron chi connectivity index (χ1n) is 6.69. The van der Waals surface area contributed by atoms with Crippen molar-refractivity contribution >= 4 is 33.4 Å². The lowest BCUT2D eigenvalue weighted by Crippen LogP contribution is -2.39. The lowest BCUT2D eigenvalue weighted by atomic mass is 10.3. The van der Waals surface area contributed by atoms with Crippen molar-refractivity contribution in [3.8, 4) is 0 Å². The predicted molar refractivity (Wildman–Crippen MR) is 81.5 cm³/mol. The number of halogens is 1. The number of rotatable bonds is 5. The number of hydrogen-bond acceptors (Lipinski definition) is 3. The van der Waals surface area contributed by atoms with Gasteiger partial charge in [0.1, 0.15) is 0 Å². The van der Waals surface area contributed by atoms with Crippen LogP contribution in [0.2, 0.25) is 0 Å². The van der Waals surface area contributed by atoms with Gasteiger partial charge in [0, 0.05) is 23.2 Å². The third-order valence-corrected chi connectivity index (χ3v) is 3.68. The summed E-state index contributed by atoms with van der Waals surface area (Å²) in [5, 5.41) is 5.65. The van der Waals surface area contributed by atoms with Crippen LogP contribution in [0.5, 0.6) is 0 Å². The van der Waals surface area contributed by atoms with Gasteiger partial charge in [-0.15, -0.1) is 0 Å². The van der Waals surface area contributed by atoms with E-state index < -0.39 is 0 Å². The van der Waals surface area contributed by atoms with Crippen LogP contribution in [0.4, 0.5) is 5.69 Å². The molecule has 108 valence electrons. The molecule has 1 aromatic rings. The molecule has 0 aliphatic carbocycles. The van der Waals surface area contributed by atoms with Crippen molar-refractivity contribution in [2.24, 2.45) is 0 Å². The van der Waals surface area contributed by atoms with Crippen LogP contribution in [0.15, 0.2) is 28.7 Å². The van der Waals surface area contributed by atoms with Crippen LogP contribution >= 0.6 is 15.9 Å². The molecule has 0 unspecified atom stereocenters. The fourth-order valence-corrected chi connectivity index (χ4v) is 2.36. The largest absolute Gasteiger partial charge is 0.342 e. The first-order chi connectivity index (χ1) is 9.65. The number of anilines is 1. The number of nitrogens with one attached hydrogen (secondary N) is 2. The third kappa shape index (κ3) is 4.61. The summed E-state index contributed by atoms with van der Waals surface area (Å²) in [5.41, 5.74) is 0.742. The Labute approximate surface area is 126 Å². The molecule has 5 nitrogen and oxygen atoms in total. The molecule has 0 bridgehead atoms. The van der Waals surface area contributed by atoms with Gasteiger partial charge < -0.3 is 10.2 Å². The average Bonchev–Trinajstić information content (AvgIpc) is 2.95. The van der Waals surface area contributed by atoms with Crippen molar-refractivity contribution in [1.82, 2.24) is 10.2 Å². The number of hydrogen-bond donors (Lipinski definition) is 2. The Balaban J connectivity index is 1.67. The maximum absolute atomic E-state index is 11.7. The summed E-state index contributed by atoms with van der Waals surface area (Å²) in [7, 11) is 0. The smallest absolute Gasteiger partial charge is 0.238 e. The summed E-state index contributed by atoms with van der Waals surface area (Å²) in [6.45, 7) is 2.03. The number of benzene rings is 1. The molecule has 2 N–H and O–H groups in total. The molecule has 6 heteroatoms. The molecule has 1 aliphatic rings. The first-order valence-corrected chi connectivity index (χ1v) is 7.48. The van der Waals surface area contributed by atoms with Gasteiger partial charge in [0.15, 0.2) is 0 Å². The number of likely N-dealkylation sites (tertiary alicyclic amines) is 1. The quantitative estimate of drug-likeness (QED) is 0.856. The van der Waals surface area contributed by atoms with Gasteiger partial charge in [0.25, 0.3) is 0 Å². The van der Waals surface area contributed by atoms with Crippen molar-refractivity contribution in [3.63, 3.8) is 0 Å². The van der Waals surface area contributed by atoms with Gasteiger partial charge in [-0.25, -0.2) is 0 Å². The second-order valence-electron chi connectivity index (χ2n) is 4.75. The van der Waals surface area contributed by atoms with Crippen LogP contribution in [0.25, 0.3) is 0 Å². The van der Waals surface area contributed by atoms with Gasteiger partial charge in [0.2, 0.25) is 11.8 Å². The van der Waals surface area contributed by atoms with Crippen LogP contribution in [0, 0.1) is 0 Å². The van der Waals surface area contributed by atoms with Crippen molar-refractivity contribution < 1.29 is 9.59 Å². The van der Waals surface area contributed by atoms with E-state index in [0.29, 0.717) is 0 Å². The fourth-order valence-electron chi connectivity index (χ4n) is 2.10. The Morgan fingerprint density at radius 1 is 1.10 bits per heavy atom. The summed E-state index contributed by atoms with van der Waals surface area (Å²) >= 11 is 3.33. The van der Waals surface area contributed by atoms with Crippen molar-refractivity contribution in [3.05, 3.63) is 28.7 Å². The standard InChI is InChI=1S/C14H18BrN3O2/c15-11-3-5-12(6-4-11)17-13(19)9-16-10-14(20)18-7-1-2-8-18/h3-6,16H,1-2,7-10H2,(H,17,19). The Kier molecular flexibility index (Phi) is 5.55. The van der Waals surface area contributed by atoms with E-state index in [0.717, 1.165) is 36.1 Å². The van der Waals surface area contributed by atoms with E-state index in [4.69, 9.17) is 0 Å². The average molecular weight is 340 g/mol. The van der Waals surface area contributed by atoms with E-state index in [2.05, 4.69) is 26.6 Å². The minimum Gasteiger partial charge on any atom is -0.342 e. The first kappa shape index (κ1) is 15.0. The van der Waals surface area contributed by atoms with Crippen molar-refractivity contribution in [2.75, 3.05) is 31.5 Å². The molecule has 2 rings (SSSR count). The number of amides is 2. The van der Waals surface area contributed by atoms with E-state index in [-0.39, 0.29) is 24.9 Å². The Bertz CT molecular complexity index is 470. The summed E-state index contributed by atoms with van der Waals surface area (Å²) in [4.78, 5) is 25.3. The molecule has 0 atom stereocenters. The highest BCUT2D eigenvalue weighted by molar-refractivity contribution is 9.10. The second-order valence-corrected chi connectivity index (χ2v) is 5.66. The summed E-state index contributed by atoms with van der Waals surface area (Å²) in [6.07, 6.45) is 2.16.